The van der Waals surface area contributed by atoms with Crippen molar-refractivity contribution >= 4 is 102 Å². The molecule has 28 nitrogen and oxygen atoms in total. The van der Waals surface area contributed by atoms with Crippen LogP contribution in [0.5, 0.6) is 0 Å². The van der Waals surface area contributed by atoms with Gasteiger partial charge in [-0.1, -0.05) is 0 Å². The summed E-state index contributed by atoms with van der Waals surface area (Å²) in [5.74, 6) is -0.408. The highest BCUT2D eigenvalue weighted by molar-refractivity contribution is 8.08. The highest BCUT2D eigenvalue weighted by Gasteiger charge is 2.49. The van der Waals surface area contributed by atoms with Crippen molar-refractivity contribution in [3.05, 3.63) is 76.9 Å². The van der Waals surface area contributed by atoms with E-state index in [0.29, 0.717) is 35.9 Å². The van der Waals surface area contributed by atoms with E-state index in [1.807, 2.05) is 32.0 Å². The minimum atomic E-state index is -5.69. The third-order valence-electron chi connectivity index (χ3n) is 10.7. The van der Waals surface area contributed by atoms with Crippen molar-refractivity contribution in [2.24, 2.45) is 0 Å². The van der Waals surface area contributed by atoms with E-state index in [1.165, 1.54) is 22.9 Å². The number of pyridine rings is 1. The Balaban J connectivity index is 0.996. The number of phosphoric acid groups is 2. The standard InChI is InChI=1S/C39H50N9O19P3S2/c1-3-46(4-2)27-12-9-24-18-25(38(51)64-29(24)19-27)10-11-26-13-14-28(72(59,60)61)20-47(26)17-7-5-6-8-31(49)41-15-16-42-39(52)65-34-30(21-62-68(53,54)66-69(55,56)67-70(57,58)71)63-37(33(34)50)48-23-45-32-35(40)43-22-44-36(32)48/h9-14,18-20,22-23,30,33-34,37,50H,3-8,15-17,21H2,1-2H3,(H8-,40,41,42,43,44,49,52,53,54,55,56,57,58,59,60,61,71)/p+1/t30-,33-,34-,37-/m1/s1. The van der Waals surface area contributed by atoms with Gasteiger partial charge in [0, 0.05) is 68.3 Å². The maximum Gasteiger partial charge on any atom is 0.488 e. The molecular weight excluding hydrogens is 1060 g/mol. The first-order valence-corrected chi connectivity index (χ1v) is 28.7. The van der Waals surface area contributed by atoms with Gasteiger partial charge in [0.25, 0.3) is 10.1 Å². The van der Waals surface area contributed by atoms with Crippen LogP contribution in [0.4, 0.5) is 16.3 Å². The zero-order valence-electron chi connectivity index (χ0n) is 38.1. The average Bonchev–Trinajstić information content (AvgIpc) is 3.86. The number of amides is 2. The first kappa shape index (κ1) is 56.2. The number of rotatable bonds is 24. The number of anilines is 2. The number of ether oxygens (including phenoxy) is 2. The molecule has 5 heterocycles. The first-order chi connectivity index (χ1) is 33.9. The lowest BCUT2D eigenvalue weighted by Crippen LogP contribution is -2.42. The molecule has 0 saturated carbocycles. The third kappa shape index (κ3) is 15.2. The van der Waals surface area contributed by atoms with Crippen LogP contribution in [0.3, 0.4) is 0 Å². The number of imidazole rings is 1. The second-order valence-electron chi connectivity index (χ2n) is 15.7. The van der Waals surface area contributed by atoms with Crippen LogP contribution in [0.1, 0.15) is 57.0 Å². The number of nitrogen functional groups attached to an aromatic ring is 1. The van der Waals surface area contributed by atoms with Crippen LogP contribution in [0, 0.1) is 0 Å². The molecule has 1 aliphatic heterocycles. The number of benzene rings is 1. The van der Waals surface area contributed by atoms with E-state index < -0.39 is 75.3 Å². The molecule has 2 unspecified atom stereocenters. The molecule has 2 amide bonds. The Hall–Kier alpha value is -5.13. The summed E-state index contributed by atoms with van der Waals surface area (Å²) in [5, 5.41) is 17.0. The topological polar surface area (TPSA) is 401 Å². The molecule has 0 bridgehead atoms. The van der Waals surface area contributed by atoms with Crippen LogP contribution in [0.15, 0.2) is 69.4 Å². The predicted octanol–water partition coefficient (Wildman–Crippen LogP) is 2.26. The number of nitrogens with zero attached hydrogens (tertiary/aromatic N) is 6. The second-order valence-corrected chi connectivity index (χ2v) is 22.9. The van der Waals surface area contributed by atoms with Gasteiger partial charge in [0.05, 0.1) is 18.5 Å². The van der Waals surface area contributed by atoms with Crippen molar-refractivity contribution in [3.63, 3.8) is 0 Å². The minimum absolute atomic E-state index is 0.0303. The van der Waals surface area contributed by atoms with Crippen LogP contribution in [0.2, 0.25) is 0 Å². The zero-order valence-corrected chi connectivity index (χ0v) is 42.5. The summed E-state index contributed by atoms with van der Waals surface area (Å²) in [5.41, 5.74) is 7.57. The Morgan fingerprint density at radius 2 is 1.72 bits per heavy atom. The van der Waals surface area contributed by atoms with Gasteiger partial charge in [-0.05, 0) is 68.8 Å². The molecule has 5 aromatic rings. The number of fused-ring (bicyclic) bond motifs is 2. The number of aliphatic hydroxyl groups is 1. The number of phosphoric ester groups is 1. The lowest BCUT2D eigenvalue weighted by molar-refractivity contribution is -0.700. The highest BCUT2D eigenvalue weighted by Crippen LogP contribution is 2.66. The van der Waals surface area contributed by atoms with Crippen molar-refractivity contribution in [2.75, 3.05) is 43.4 Å². The van der Waals surface area contributed by atoms with Gasteiger partial charge in [0.1, 0.15) is 36.2 Å². The number of alkyl carbamates (subject to hydrolysis) is 1. The summed E-state index contributed by atoms with van der Waals surface area (Å²) in [4.78, 5) is 90.4. The van der Waals surface area contributed by atoms with Crippen LogP contribution >= 0.6 is 22.4 Å². The van der Waals surface area contributed by atoms with Crippen LogP contribution in [-0.4, -0.2) is 120 Å². The largest absolute Gasteiger partial charge is 0.488 e. The van der Waals surface area contributed by atoms with Gasteiger partial charge in [-0.3, -0.25) is 18.4 Å². The maximum absolute atomic E-state index is 13.0. The van der Waals surface area contributed by atoms with Gasteiger partial charge in [0.2, 0.25) is 11.6 Å². The van der Waals surface area contributed by atoms with E-state index in [1.54, 1.807) is 22.8 Å². The Bertz CT molecular complexity index is 3140. The number of hydrogen-bond acceptors (Lipinski definition) is 20. The molecular formula is C39H51N9O19P3S2+. The number of aryl methyl sites for hydroxylation is 1. The summed E-state index contributed by atoms with van der Waals surface area (Å²) in [6, 6.07) is 10.0. The van der Waals surface area contributed by atoms with Gasteiger partial charge < -0.3 is 59.8 Å². The van der Waals surface area contributed by atoms with Gasteiger partial charge in [-0.15, -0.1) is 0 Å². The summed E-state index contributed by atoms with van der Waals surface area (Å²) in [7, 11) is -15.8. The molecule has 1 saturated heterocycles. The molecule has 4 aromatic heterocycles. The molecule has 72 heavy (non-hydrogen) atoms. The fourth-order valence-electron chi connectivity index (χ4n) is 7.35. The van der Waals surface area contributed by atoms with E-state index >= 15 is 0 Å². The average molecular weight is 1110 g/mol. The van der Waals surface area contributed by atoms with E-state index in [4.69, 9.17) is 24.1 Å². The Labute approximate surface area is 414 Å². The number of carbonyl (C=O) groups excluding carboxylic acids is 2. The molecule has 1 aromatic carbocycles. The van der Waals surface area contributed by atoms with Gasteiger partial charge in [-0.2, -0.15) is 17.3 Å². The molecule has 0 spiro atoms. The summed E-state index contributed by atoms with van der Waals surface area (Å²) in [6.45, 7) is -0.327. The molecule has 1 aliphatic rings. The lowest BCUT2D eigenvalue weighted by Gasteiger charge is -2.22. The lowest BCUT2D eigenvalue weighted by atomic mass is 10.1. The van der Waals surface area contributed by atoms with E-state index in [-0.39, 0.29) is 59.4 Å². The maximum atomic E-state index is 13.0. The van der Waals surface area contributed by atoms with E-state index in [0.717, 1.165) is 31.4 Å². The number of aromatic nitrogens is 5. The molecule has 6 atom stereocenters. The third-order valence-corrected chi connectivity index (χ3v) is 15.9. The number of hydrogen-bond donors (Lipinski definition) is 9. The summed E-state index contributed by atoms with van der Waals surface area (Å²) < 4.78 is 90.4. The normalized spacial score (nSPS) is 19.1. The Kier molecular flexibility index (Phi) is 18.6. The van der Waals surface area contributed by atoms with Gasteiger partial charge in [0.15, 0.2) is 34.9 Å². The van der Waals surface area contributed by atoms with Crippen LogP contribution in [-0.2, 0) is 65.0 Å². The molecule has 0 aliphatic carbocycles. The fourth-order valence-corrected chi connectivity index (χ4v) is 11.6. The quantitative estimate of drug-likeness (QED) is 0.0141. The van der Waals surface area contributed by atoms with E-state index in [2.05, 4.69) is 50.9 Å². The molecule has 33 heteroatoms. The first-order valence-electron chi connectivity index (χ1n) is 21.6. The van der Waals surface area contributed by atoms with Crippen molar-refractivity contribution in [1.29, 1.82) is 0 Å². The van der Waals surface area contributed by atoms with Crippen molar-refractivity contribution < 1.29 is 88.0 Å². The highest BCUT2D eigenvalue weighted by atomic mass is 32.5. The minimum Gasteiger partial charge on any atom is -0.440 e. The number of nitrogens with two attached hydrogens (primary N) is 1. The molecule has 6 rings (SSSR count). The van der Waals surface area contributed by atoms with Crippen molar-refractivity contribution in [3.8, 4) is 0 Å². The zero-order chi connectivity index (χ0) is 52.6. The molecule has 1 fully saturated rings. The van der Waals surface area contributed by atoms with Gasteiger partial charge in [-0.25, -0.2) is 38.0 Å². The monoisotopic (exact) mass is 1110 g/mol. The Morgan fingerprint density at radius 3 is 2.43 bits per heavy atom. The summed E-state index contributed by atoms with van der Waals surface area (Å²) >= 11 is 4.08. The van der Waals surface area contributed by atoms with Crippen LogP contribution < -0.4 is 31.5 Å². The fraction of sp³-hybridized carbons (Fsp3) is 0.410. The molecule has 10 N–H and O–H groups in total. The Morgan fingerprint density at radius 1 is 0.986 bits per heavy atom. The van der Waals surface area contributed by atoms with Crippen LogP contribution in [0.25, 0.3) is 34.3 Å². The van der Waals surface area contributed by atoms with Gasteiger partial charge >= 0.3 is 34.1 Å². The SMILES string of the molecule is CCN(CC)c1ccc2cc(/C=C/c3ccc(S(=O)(=O)O)c[n+]3CCCCCC(=O)NCCNC(=O)O[C@H]3[C@@H](O)[C@H](n4cnc5c(N)ncnc54)O[C@@H]3COP(=O)(O)OP(=O)(O)OP(O)(O)=S)c(=O)oc2c1. The van der Waals surface area contributed by atoms with E-state index in [9.17, 15) is 61.2 Å². The molecule has 392 valence electrons. The van der Waals surface area contributed by atoms with Crippen molar-refractivity contribution in [2.45, 2.75) is 75.5 Å². The molecule has 0 radical (unpaired) electrons. The number of carbonyl (C=O) groups is 2. The predicted molar refractivity (Wildman–Crippen MR) is 257 cm³/mol. The number of aliphatic hydroxyl groups excluding tert-OH is 1. The van der Waals surface area contributed by atoms with Crippen molar-refractivity contribution in [1.82, 2.24) is 30.2 Å². The number of nitrogens with one attached hydrogen (secondary N) is 2. The number of unbranched alkanes of at least 4 members (excludes halogenated alkanes) is 2. The summed E-state index contributed by atoms with van der Waals surface area (Å²) in [6.07, 6.45) is 0.442. The second kappa shape index (κ2) is 23.8. The smallest absolute Gasteiger partial charge is 0.440 e.